The van der Waals surface area contributed by atoms with Gasteiger partial charge in [-0.25, -0.2) is 0 Å². The van der Waals surface area contributed by atoms with E-state index >= 15 is 0 Å². The summed E-state index contributed by atoms with van der Waals surface area (Å²) in [5, 5.41) is 0. The average molecular weight is 381 g/mol. The molecule has 0 aromatic heterocycles. The molecule has 0 spiro atoms. The SMILES string of the molecule is C=CCCOc1ccc(C2CCC3CC(C4CCC(C)CC4)CCC3C2)cc1. The summed E-state index contributed by atoms with van der Waals surface area (Å²) in [4.78, 5) is 0. The molecule has 3 aliphatic rings. The van der Waals surface area contributed by atoms with E-state index in [1.807, 2.05) is 6.08 Å². The Balaban J connectivity index is 1.28. The largest absolute Gasteiger partial charge is 0.493 e. The Morgan fingerprint density at radius 1 is 0.821 bits per heavy atom. The molecule has 4 rings (SSSR count). The fraction of sp³-hybridized carbons (Fsp3) is 0.704. The van der Waals surface area contributed by atoms with Crippen molar-refractivity contribution in [2.45, 2.75) is 83.5 Å². The van der Waals surface area contributed by atoms with Crippen LogP contribution in [0.25, 0.3) is 0 Å². The molecule has 4 unspecified atom stereocenters. The van der Waals surface area contributed by atoms with Gasteiger partial charge in [0.05, 0.1) is 6.61 Å². The summed E-state index contributed by atoms with van der Waals surface area (Å²) in [6.45, 7) is 6.94. The van der Waals surface area contributed by atoms with Gasteiger partial charge in [-0.2, -0.15) is 0 Å². The molecule has 0 saturated heterocycles. The first-order valence-electron chi connectivity index (χ1n) is 12.1. The second-order valence-corrected chi connectivity index (χ2v) is 10.1. The maximum atomic E-state index is 5.78. The standard InChI is InChI=1S/C27H40O/c1-3-4-17-28-27-15-13-22(14-16-27)24-10-12-25-18-23(9-11-26(25)19-24)21-7-5-20(2)6-8-21/h3,13-16,20-21,23-26H,1,4-12,17-19H2,2H3. The summed E-state index contributed by atoms with van der Waals surface area (Å²) in [5.74, 6) is 6.89. The van der Waals surface area contributed by atoms with Gasteiger partial charge in [-0.1, -0.05) is 38.0 Å². The van der Waals surface area contributed by atoms with Crippen molar-refractivity contribution in [3.63, 3.8) is 0 Å². The molecule has 4 atom stereocenters. The second kappa shape index (κ2) is 9.51. The van der Waals surface area contributed by atoms with Crippen LogP contribution < -0.4 is 4.74 Å². The van der Waals surface area contributed by atoms with Crippen LogP contribution in [-0.4, -0.2) is 6.61 Å². The summed E-state index contributed by atoms with van der Waals surface area (Å²) in [5.41, 5.74) is 1.54. The van der Waals surface area contributed by atoms with Crippen LogP contribution in [0.1, 0.15) is 89.0 Å². The molecule has 1 aromatic carbocycles. The lowest BCUT2D eigenvalue weighted by Crippen LogP contribution is -2.34. The van der Waals surface area contributed by atoms with Crippen LogP contribution in [0.4, 0.5) is 0 Å². The molecule has 1 aromatic rings. The van der Waals surface area contributed by atoms with Crippen molar-refractivity contribution in [1.82, 2.24) is 0 Å². The highest BCUT2D eigenvalue weighted by Crippen LogP contribution is 2.50. The van der Waals surface area contributed by atoms with E-state index in [4.69, 9.17) is 4.74 Å². The van der Waals surface area contributed by atoms with Gasteiger partial charge < -0.3 is 4.74 Å². The lowest BCUT2D eigenvalue weighted by Gasteiger charge is -2.45. The maximum Gasteiger partial charge on any atom is 0.119 e. The van der Waals surface area contributed by atoms with Gasteiger partial charge in [-0.3, -0.25) is 0 Å². The van der Waals surface area contributed by atoms with Gasteiger partial charge >= 0.3 is 0 Å². The van der Waals surface area contributed by atoms with Crippen LogP contribution in [0.3, 0.4) is 0 Å². The molecule has 1 nitrogen and oxygen atoms in total. The molecule has 1 heteroatoms. The summed E-state index contributed by atoms with van der Waals surface area (Å²) in [6.07, 6.45) is 17.7. The van der Waals surface area contributed by atoms with Gasteiger partial charge in [0, 0.05) is 0 Å². The normalized spacial score (nSPS) is 35.8. The van der Waals surface area contributed by atoms with E-state index in [2.05, 4.69) is 37.8 Å². The highest BCUT2D eigenvalue weighted by molar-refractivity contribution is 5.30. The van der Waals surface area contributed by atoms with E-state index in [-0.39, 0.29) is 0 Å². The van der Waals surface area contributed by atoms with Gasteiger partial charge in [-0.05, 0) is 111 Å². The van der Waals surface area contributed by atoms with E-state index in [0.29, 0.717) is 0 Å². The van der Waals surface area contributed by atoms with E-state index in [1.165, 1.54) is 63.4 Å². The van der Waals surface area contributed by atoms with Crippen LogP contribution in [0.5, 0.6) is 5.75 Å². The van der Waals surface area contributed by atoms with E-state index < -0.39 is 0 Å². The van der Waals surface area contributed by atoms with E-state index in [1.54, 1.807) is 6.42 Å². The molecule has 28 heavy (non-hydrogen) atoms. The van der Waals surface area contributed by atoms with E-state index in [0.717, 1.165) is 54.3 Å². The number of ether oxygens (including phenoxy) is 1. The Morgan fingerprint density at radius 3 is 2.14 bits per heavy atom. The minimum absolute atomic E-state index is 0.733. The third-order valence-corrected chi connectivity index (χ3v) is 8.32. The van der Waals surface area contributed by atoms with Crippen molar-refractivity contribution >= 4 is 0 Å². The van der Waals surface area contributed by atoms with Gasteiger partial charge in [0.15, 0.2) is 0 Å². The third-order valence-electron chi connectivity index (χ3n) is 8.32. The number of benzene rings is 1. The molecule has 154 valence electrons. The molecule has 3 saturated carbocycles. The van der Waals surface area contributed by atoms with Crippen molar-refractivity contribution in [3.05, 3.63) is 42.5 Å². The maximum absolute atomic E-state index is 5.78. The Hall–Kier alpha value is -1.24. The predicted octanol–water partition coefficient (Wildman–Crippen LogP) is 7.77. The summed E-state index contributed by atoms with van der Waals surface area (Å²) in [6, 6.07) is 8.99. The minimum Gasteiger partial charge on any atom is -0.493 e. The van der Waals surface area contributed by atoms with Gasteiger partial charge in [-0.15, -0.1) is 6.58 Å². The Morgan fingerprint density at radius 2 is 1.43 bits per heavy atom. The number of hydrogen-bond donors (Lipinski definition) is 0. The zero-order chi connectivity index (χ0) is 19.3. The van der Waals surface area contributed by atoms with E-state index in [9.17, 15) is 0 Å². The van der Waals surface area contributed by atoms with Gasteiger partial charge in [0.1, 0.15) is 5.75 Å². The first-order valence-corrected chi connectivity index (χ1v) is 12.1. The number of rotatable bonds is 6. The van der Waals surface area contributed by atoms with Crippen LogP contribution in [0.2, 0.25) is 0 Å². The Labute approximate surface area is 173 Å². The highest BCUT2D eigenvalue weighted by atomic mass is 16.5. The molecule has 0 bridgehead atoms. The quantitative estimate of drug-likeness (QED) is 0.362. The smallest absolute Gasteiger partial charge is 0.119 e. The molecule has 3 fully saturated rings. The summed E-state index contributed by atoms with van der Waals surface area (Å²) in [7, 11) is 0. The molecule has 0 heterocycles. The number of hydrogen-bond acceptors (Lipinski definition) is 1. The zero-order valence-electron chi connectivity index (χ0n) is 18.0. The lowest BCUT2D eigenvalue weighted by molar-refractivity contribution is 0.0732. The van der Waals surface area contributed by atoms with Gasteiger partial charge in [0.2, 0.25) is 0 Å². The van der Waals surface area contributed by atoms with Crippen LogP contribution in [0, 0.1) is 29.6 Å². The monoisotopic (exact) mass is 380 g/mol. The average Bonchev–Trinajstić information content (AvgIpc) is 2.74. The third kappa shape index (κ3) is 4.84. The Kier molecular flexibility index (Phi) is 6.81. The first-order chi connectivity index (χ1) is 13.7. The molecule has 3 aliphatic carbocycles. The Bertz CT molecular complexity index is 610. The first kappa shape index (κ1) is 20.0. The second-order valence-electron chi connectivity index (χ2n) is 10.1. The molecular weight excluding hydrogens is 340 g/mol. The van der Waals surface area contributed by atoms with Crippen molar-refractivity contribution < 1.29 is 4.74 Å². The summed E-state index contributed by atoms with van der Waals surface area (Å²) < 4.78 is 5.78. The van der Waals surface area contributed by atoms with Crippen LogP contribution in [0.15, 0.2) is 36.9 Å². The predicted molar refractivity (Wildman–Crippen MR) is 119 cm³/mol. The molecule has 0 amide bonds. The lowest BCUT2D eigenvalue weighted by atomic mass is 9.60. The molecule has 0 aliphatic heterocycles. The minimum atomic E-state index is 0.733. The highest BCUT2D eigenvalue weighted by Gasteiger charge is 2.38. The van der Waals surface area contributed by atoms with Crippen LogP contribution >= 0.6 is 0 Å². The van der Waals surface area contributed by atoms with Crippen LogP contribution in [-0.2, 0) is 0 Å². The fourth-order valence-corrected chi connectivity index (χ4v) is 6.51. The van der Waals surface area contributed by atoms with Crippen molar-refractivity contribution in [1.29, 1.82) is 0 Å². The topological polar surface area (TPSA) is 9.23 Å². The van der Waals surface area contributed by atoms with Crippen molar-refractivity contribution in [3.8, 4) is 5.75 Å². The summed E-state index contributed by atoms with van der Waals surface area (Å²) >= 11 is 0. The van der Waals surface area contributed by atoms with Crippen molar-refractivity contribution in [2.24, 2.45) is 29.6 Å². The zero-order valence-corrected chi connectivity index (χ0v) is 18.0. The van der Waals surface area contributed by atoms with Gasteiger partial charge in [0.25, 0.3) is 0 Å². The fourth-order valence-electron chi connectivity index (χ4n) is 6.51. The number of fused-ring (bicyclic) bond motifs is 1. The van der Waals surface area contributed by atoms with Crippen molar-refractivity contribution in [2.75, 3.05) is 6.61 Å². The molecular formula is C27H40O. The molecule has 0 radical (unpaired) electrons. The molecule has 0 N–H and O–H groups in total.